The molecule has 2 fully saturated rings. The second-order valence-corrected chi connectivity index (χ2v) is 5.73. The number of nitrogens with zero attached hydrogens (tertiary/aromatic N) is 4. The molecule has 3 heterocycles. The van der Waals surface area contributed by atoms with E-state index < -0.39 is 0 Å². The van der Waals surface area contributed by atoms with Gasteiger partial charge in [-0.3, -0.25) is 4.90 Å². The molecule has 0 spiro atoms. The first kappa shape index (κ1) is 12.7. The van der Waals surface area contributed by atoms with Crippen LogP contribution in [0.1, 0.15) is 25.0 Å². The molecule has 2 unspecified atom stereocenters. The van der Waals surface area contributed by atoms with Crippen molar-refractivity contribution in [2.24, 2.45) is 0 Å². The molecule has 19 heavy (non-hydrogen) atoms. The van der Waals surface area contributed by atoms with Crippen molar-refractivity contribution in [1.29, 1.82) is 0 Å². The molecule has 2 aliphatic rings. The molecule has 0 saturated carbocycles. The minimum atomic E-state index is 0.681. The van der Waals surface area contributed by atoms with E-state index in [1.807, 2.05) is 14.0 Å². The van der Waals surface area contributed by atoms with Gasteiger partial charge in [0, 0.05) is 44.0 Å². The van der Waals surface area contributed by atoms with Gasteiger partial charge in [-0.15, -0.1) is 0 Å². The zero-order valence-corrected chi connectivity index (χ0v) is 12.1. The second kappa shape index (κ2) is 4.96. The molecule has 2 saturated heterocycles. The summed E-state index contributed by atoms with van der Waals surface area (Å²) in [6.07, 6.45) is 3.92. The predicted molar refractivity (Wildman–Crippen MR) is 77.7 cm³/mol. The number of hydrogen-bond acceptors (Lipinski definition) is 5. The molecule has 0 radical (unpaired) electrons. The molecular weight excluding hydrogens is 238 g/mol. The fraction of sp³-hybridized carbons (Fsp3) is 0.714. The molecular formula is C14H23N5. The lowest BCUT2D eigenvalue weighted by molar-refractivity contribution is 0.254. The first-order chi connectivity index (χ1) is 9.17. The third kappa shape index (κ3) is 2.39. The zero-order valence-electron chi connectivity index (χ0n) is 12.1. The molecule has 5 nitrogen and oxygen atoms in total. The Kier molecular flexibility index (Phi) is 3.31. The number of hydrogen-bond donors (Lipinski definition) is 1. The van der Waals surface area contributed by atoms with Crippen molar-refractivity contribution in [2.45, 2.75) is 38.3 Å². The van der Waals surface area contributed by atoms with E-state index in [2.05, 4.69) is 38.2 Å². The Labute approximate surface area is 115 Å². The first-order valence-electron chi connectivity index (χ1n) is 7.17. The van der Waals surface area contributed by atoms with E-state index in [9.17, 15) is 0 Å². The van der Waals surface area contributed by atoms with Gasteiger partial charge in [0.2, 0.25) is 5.95 Å². The Morgan fingerprint density at radius 3 is 2.79 bits per heavy atom. The Balaban J connectivity index is 1.84. The maximum Gasteiger partial charge on any atom is 0.224 e. The molecule has 2 aliphatic heterocycles. The Morgan fingerprint density at radius 1 is 1.21 bits per heavy atom. The Hall–Kier alpha value is -1.36. The number of aryl methyl sites for hydroxylation is 1. The lowest BCUT2D eigenvalue weighted by Crippen LogP contribution is -2.37. The molecule has 104 valence electrons. The lowest BCUT2D eigenvalue weighted by Gasteiger charge is -2.27. The van der Waals surface area contributed by atoms with Gasteiger partial charge < -0.3 is 10.2 Å². The van der Waals surface area contributed by atoms with Crippen LogP contribution < -0.4 is 10.2 Å². The maximum atomic E-state index is 4.61. The minimum absolute atomic E-state index is 0.681. The van der Waals surface area contributed by atoms with Gasteiger partial charge in [0.15, 0.2) is 0 Å². The van der Waals surface area contributed by atoms with Crippen molar-refractivity contribution in [3.63, 3.8) is 0 Å². The summed E-state index contributed by atoms with van der Waals surface area (Å²) in [5.74, 6) is 1.79. The topological polar surface area (TPSA) is 44.3 Å². The van der Waals surface area contributed by atoms with Gasteiger partial charge in [-0.1, -0.05) is 0 Å². The van der Waals surface area contributed by atoms with E-state index in [0.29, 0.717) is 6.04 Å². The van der Waals surface area contributed by atoms with Crippen LogP contribution in [0.2, 0.25) is 0 Å². The van der Waals surface area contributed by atoms with Crippen LogP contribution in [0.3, 0.4) is 0 Å². The van der Waals surface area contributed by atoms with E-state index in [4.69, 9.17) is 0 Å². The average Bonchev–Trinajstić information content (AvgIpc) is 2.62. The molecule has 1 aromatic rings. The van der Waals surface area contributed by atoms with Crippen LogP contribution in [0.5, 0.6) is 0 Å². The monoisotopic (exact) mass is 261 g/mol. The summed E-state index contributed by atoms with van der Waals surface area (Å²) in [6.45, 7) is 4.22. The number of aromatic nitrogens is 2. The molecule has 2 bridgehead atoms. The highest BCUT2D eigenvalue weighted by Crippen LogP contribution is 2.30. The van der Waals surface area contributed by atoms with Crippen LogP contribution >= 0.6 is 0 Å². The summed E-state index contributed by atoms with van der Waals surface area (Å²) in [5, 5.41) is 3.05. The highest BCUT2D eigenvalue weighted by Gasteiger charge is 2.35. The number of fused-ring (bicyclic) bond motifs is 2. The largest absolute Gasteiger partial charge is 0.357 e. The van der Waals surface area contributed by atoms with Crippen molar-refractivity contribution < 1.29 is 0 Å². The van der Waals surface area contributed by atoms with Crippen LogP contribution in [0.15, 0.2) is 6.07 Å². The number of rotatable bonds is 2. The molecule has 1 aromatic heterocycles. The molecule has 0 aromatic carbocycles. The number of nitrogens with one attached hydrogen (secondary N) is 1. The van der Waals surface area contributed by atoms with Crippen LogP contribution in [-0.2, 0) is 0 Å². The van der Waals surface area contributed by atoms with Crippen LogP contribution in [0, 0.1) is 6.92 Å². The SMILES string of the molecule is CNc1nc(C)cc(N2CCC3CCC(C2)N3C)n1. The first-order valence-corrected chi connectivity index (χ1v) is 7.17. The summed E-state index contributed by atoms with van der Waals surface area (Å²) >= 11 is 0. The fourth-order valence-corrected chi connectivity index (χ4v) is 3.34. The van der Waals surface area contributed by atoms with Crippen molar-refractivity contribution in [3.8, 4) is 0 Å². The molecule has 5 heteroatoms. The van der Waals surface area contributed by atoms with E-state index in [1.54, 1.807) is 0 Å². The third-order valence-electron chi connectivity index (χ3n) is 4.54. The van der Waals surface area contributed by atoms with Gasteiger partial charge >= 0.3 is 0 Å². The van der Waals surface area contributed by atoms with E-state index in [0.717, 1.165) is 36.6 Å². The second-order valence-electron chi connectivity index (χ2n) is 5.73. The van der Waals surface area contributed by atoms with Crippen LogP contribution in [0.25, 0.3) is 0 Å². The van der Waals surface area contributed by atoms with Gasteiger partial charge in [-0.25, -0.2) is 4.98 Å². The standard InChI is InChI=1S/C14H23N5/c1-10-8-13(17-14(15-2)16-10)19-7-6-11-4-5-12(9-19)18(11)3/h8,11-12H,4-7,9H2,1-3H3,(H,15,16,17). The molecule has 2 atom stereocenters. The highest BCUT2D eigenvalue weighted by molar-refractivity contribution is 5.45. The number of likely N-dealkylation sites (N-methyl/N-ethyl adjacent to an activating group) is 1. The van der Waals surface area contributed by atoms with Gasteiger partial charge in [-0.2, -0.15) is 4.98 Å². The third-order valence-corrected chi connectivity index (χ3v) is 4.54. The molecule has 3 rings (SSSR count). The normalized spacial score (nSPS) is 27.4. The lowest BCUT2D eigenvalue weighted by atomic mass is 10.1. The minimum Gasteiger partial charge on any atom is -0.357 e. The summed E-state index contributed by atoms with van der Waals surface area (Å²) in [4.78, 5) is 14.0. The van der Waals surface area contributed by atoms with Gasteiger partial charge in [0.05, 0.1) is 0 Å². The summed E-state index contributed by atoms with van der Waals surface area (Å²) in [6, 6.07) is 3.54. The smallest absolute Gasteiger partial charge is 0.224 e. The van der Waals surface area contributed by atoms with E-state index >= 15 is 0 Å². The van der Waals surface area contributed by atoms with E-state index in [-0.39, 0.29) is 0 Å². The zero-order chi connectivity index (χ0) is 13.4. The molecule has 0 aliphatic carbocycles. The fourth-order valence-electron chi connectivity index (χ4n) is 3.34. The van der Waals surface area contributed by atoms with Crippen LogP contribution in [0.4, 0.5) is 11.8 Å². The average molecular weight is 261 g/mol. The highest BCUT2D eigenvalue weighted by atomic mass is 15.3. The van der Waals surface area contributed by atoms with Crippen molar-refractivity contribution >= 4 is 11.8 Å². The molecule has 0 amide bonds. The molecule has 1 N–H and O–H groups in total. The van der Waals surface area contributed by atoms with Gasteiger partial charge in [0.25, 0.3) is 0 Å². The van der Waals surface area contributed by atoms with Crippen LogP contribution in [-0.4, -0.2) is 54.1 Å². The summed E-state index contributed by atoms with van der Waals surface area (Å²) < 4.78 is 0. The van der Waals surface area contributed by atoms with Crippen molar-refractivity contribution in [2.75, 3.05) is 37.4 Å². The maximum absolute atomic E-state index is 4.61. The van der Waals surface area contributed by atoms with E-state index in [1.165, 1.54) is 19.3 Å². The van der Waals surface area contributed by atoms with Gasteiger partial charge in [0.1, 0.15) is 5.82 Å². The summed E-state index contributed by atoms with van der Waals surface area (Å²) in [5.41, 5.74) is 1.03. The van der Waals surface area contributed by atoms with Crippen molar-refractivity contribution in [3.05, 3.63) is 11.8 Å². The number of anilines is 2. The predicted octanol–water partition coefficient (Wildman–Crippen LogP) is 1.50. The quantitative estimate of drug-likeness (QED) is 0.874. The van der Waals surface area contributed by atoms with Gasteiger partial charge in [-0.05, 0) is 33.2 Å². The van der Waals surface area contributed by atoms with Crippen molar-refractivity contribution in [1.82, 2.24) is 14.9 Å². The Bertz CT molecular complexity index is 461. The Morgan fingerprint density at radius 2 is 2.00 bits per heavy atom. The summed E-state index contributed by atoms with van der Waals surface area (Å²) in [7, 11) is 4.15.